The molecule has 2 heterocycles. The molecule has 1 aliphatic heterocycles. The number of nitrogens with zero attached hydrogens (tertiary/aromatic N) is 3. The molecule has 15 heteroatoms. The smallest absolute Gasteiger partial charge is 0.338 e. The Bertz CT molecular complexity index is 848. The van der Waals surface area contributed by atoms with Gasteiger partial charge in [-0.05, 0) is 0 Å². The molecule has 136 valence electrons. The number of amides is 4. The lowest BCUT2D eigenvalue weighted by Crippen LogP contribution is -2.68. The maximum atomic E-state index is 12.2. The SMILES string of the molecule is CON=C(C(=O)N[C@H]1CN(C(=O)NS(N)(=O)=O)C1=O)c1csc(N)n1. The number of imide groups is 1. The molecule has 6 N–H and O–H groups in total. The highest BCUT2D eigenvalue weighted by Crippen LogP contribution is 2.14. The van der Waals surface area contributed by atoms with Gasteiger partial charge in [-0.25, -0.2) is 19.6 Å². The Labute approximate surface area is 145 Å². The molecule has 0 aromatic carbocycles. The molecule has 4 amide bonds. The Kier molecular flexibility index (Phi) is 5.19. The van der Waals surface area contributed by atoms with E-state index in [9.17, 15) is 22.8 Å². The minimum atomic E-state index is -4.30. The number of rotatable bonds is 5. The van der Waals surface area contributed by atoms with Crippen LogP contribution in [0.3, 0.4) is 0 Å². The van der Waals surface area contributed by atoms with Gasteiger partial charge in [0.25, 0.3) is 22.0 Å². The van der Waals surface area contributed by atoms with Crippen molar-refractivity contribution in [3.05, 3.63) is 11.1 Å². The van der Waals surface area contributed by atoms with Gasteiger partial charge in [0, 0.05) is 5.38 Å². The van der Waals surface area contributed by atoms with E-state index in [1.807, 2.05) is 0 Å². The highest BCUT2D eigenvalue weighted by atomic mass is 32.2. The van der Waals surface area contributed by atoms with Crippen molar-refractivity contribution in [1.29, 1.82) is 0 Å². The number of aromatic nitrogens is 1. The third-order valence-corrected chi connectivity index (χ3v) is 4.00. The molecule has 0 bridgehead atoms. The zero-order chi connectivity index (χ0) is 18.8. The van der Waals surface area contributed by atoms with Crippen molar-refractivity contribution >= 4 is 50.2 Å². The summed E-state index contributed by atoms with van der Waals surface area (Å²) in [6.45, 7) is -0.245. The van der Waals surface area contributed by atoms with E-state index < -0.39 is 34.1 Å². The Balaban J connectivity index is 2.01. The number of urea groups is 1. The number of hydrogen-bond donors (Lipinski definition) is 4. The van der Waals surface area contributed by atoms with E-state index in [2.05, 4.69) is 25.4 Å². The summed E-state index contributed by atoms with van der Waals surface area (Å²) < 4.78 is 23.0. The van der Waals surface area contributed by atoms with Crippen LogP contribution in [0.4, 0.5) is 9.93 Å². The molecule has 13 nitrogen and oxygen atoms in total. The van der Waals surface area contributed by atoms with Crippen LogP contribution in [0.2, 0.25) is 0 Å². The van der Waals surface area contributed by atoms with Crippen molar-refractivity contribution in [2.45, 2.75) is 6.04 Å². The third kappa shape index (κ3) is 4.40. The second-order valence-corrected chi connectivity index (χ2v) is 6.80. The lowest BCUT2D eigenvalue weighted by atomic mass is 10.1. The van der Waals surface area contributed by atoms with E-state index in [0.717, 1.165) is 11.3 Å². The van der Waals surface area contributed by atoms with Crippen LogP contribution in [0.1, 0.15) is 5.69 Å². The normalized spacial score (nSPS) is 17.7. The van der Waals surface area contributed by atoms with Gasteiger partial charge >= 0.3 is 6.03 Å². The van der Waals surface area contributed by atoms with Crippen molar-refractivity contribution < 1.29 is 27.6 Å². The number of oxime groups is 1. The molecule has 0 saturated carbocycles. The first-order chi connectivity index (χ1) is 11.6. The van der Waals surface area contributed by atoms with Gasteiger partial charge in [-0.3, -0.25) is 14.5 Å². The number of thiazole rings is 1. The highest BCUT2D eigenvalue weighted by molar-refractivity contribution is 7.87. The first kappa shape index (κ1) is 18.6. The molecule has 1 atom stereocenters. The number of carbonyl (C=O) groups excluding carboxylic acids is 3. The molecule has 0 radical (unpaired) electrons. The third-order valence-electron chi connectivity index (χ3n) is 2.87. The van der Waals surface area contributed by atoms with E-state index in [1.54, 1.807) is 0 Å². The quantitative estimate of drug-likeness (QED) is 0.236. The second kappa shape index (κ2) is 6.99. The van der Waals surface area contributed by atoms with Crippen molar-refractivity contribution in [3.63, 3.8) is 0 Å². The minimum Gasteiger partial charge on any atom is -0.398 e. The first-order valence-electron chi connectivity index (χ1n) is 6.41. The van der Waals surface area contributed by atoms with Crippen molar-refractivity contribution in [2.75, 3.05) is 19.4 Å². The number of nitrogen functional groups attached to an aromatic ring is 1. The average Bonchev–Trinajstić information content (AvgIpc) is 2.92. The fourth-order valence-electron chi connectivity index (χ4n) is 1.81. The molecule has 1 saturated heterocycles. The van der Waals surface area contributed by atoms with Crippen LogP contribution in [0.5, 0.6) is 0 Å². The van der Waals surface area contributed by atoms with Gasteiger partial charge in [0.15, 0.2) is 10.8 Å². The summed E-state index contributed by atoms with van der Waals surface area (Å²) in [5.74, 6) is -1.60. The summed E-state index contributed by atoms with van der Waals surface area (Å²) in [6, 6.07) is -2.26. The second-order valence-electron chi connectivity index (χ2n) is 4.62. The predicted molar refractivity (Wildman–Crippen MR) is 85.4 cm³/mol. The van der Waals surface area contributed by atoms with Gasteiger partial charge in [-0.2, -0.15) is 8.42 Å². The summed E-state index contributed by atoms with van der Waals surface area (Å²) >= 11 is 1.08. The maximum Gasteiger partial charge on any atom is 0.338 e. The summed E-state index contributed by atoms with van der Waals surface area (Å²) in [7, 11) is -3.08. The number of likely N-dealkylation sites (tertiary alicyclic amines) is 1. The molecule has 0 spiro atoms. The first-order valence-corrected chi connectivity index (χ1v) is 8.84. The van der Waals surface area contributed by atoms with Crippen LogP contribution in [-0.2, 0) is 24.6 Å². The summed E-state index contributed by atoms with van der Waals surface area (Å²) in [4.78, 5) is 44.6. The van der Waals surface area contributed by atoms with Crippen LogP contribution in [0.25, 0.3) is 0 Å². The number of nitrogens with two attached hydrogens (primary N) is 2. The van der Waals surface area contributed by atoms with Crippen LogP contribution in [0, 0.1) is 0 Å². The lowest BCUT2D eigenvalue weighted by molar-refractivity contribution is -0.141. The molecule has 1 aromatic heterocycles. The van der Waals surface area contributed by atoms with E-state index >= 15 is 0 Å². The van der Waals surface area contributed by atoms with Gasteiger partial charge in [-0.15, -0.1) is 11.3 Å². The number of anilines is 1. The fraction of sp³-hybridized carbons (Fsp3) is 0.300. The molecule has 1 aromatic rings. The average molecular weight is 391 g/mol. The van der Waals surface area contributed by atoms with Crippen LogP contribution in [-0.4, -0.2) is 61.6 Å². The van der Waals surface area contributed by atoms with E-state index in [-0.39, 0.29) is 23.1 Å². The standard InChI is InChI=1S/C10H13N7O6S2/c1-23-15-6(5-3-24-9(11)14-5)7(18)13-4-2-17(8(4)19)10(20)16-25(12,21)22/h3-4H,2H2,1H3,(H2,11,14)(H,13,18)(H,16,20)(H2,12,21,22)/t4-/m0/s1. The fourth-order valence-corrected chi connectivity index (χ4v) is 2.71. The Hall–Kier alpha value is -2.78. The number of β-lactam (4-membered cyclic amide) rings is 1. The van der Waals surface area contributed by atoms with E-state index in [0.29, 0.717) is 4.90 Å². The van der Waals surface area contributed by atoms with Crippen molar-refractivity contribution in [2.24, 2.45) is 10.3 Å². The predicted octanol–water partition coefficient (Wildman–Crippen LogP) is -2.68. The Morgan fingerprint density at radius 1 is 1.52 bits per heavy atom. The van der Waals surface area contributed by atoms with Crippen molar-refractivity contribution in [1.82, 2.24) is 19.9 Å². The highest BCUT2D eigenvalue weighted by Gasteiger charge is 2.43. The Morgan fingerprint density at radius 3 is 2.68 bits per heavy atom. The Morgan fingerprint density at radius 2 is 2.20 bits per heavy atom. The van der Waals surface area contributed by atoms with Crippen LogP contribution in [0.15, 0.2) is 10.5 Å². The molecule has 2 rings (SSSR count). The molecular formula is C10H13N7O6S2. The molecule has 25 heavy (non-hydrogen) atoms. The summed E-state index contributed by atoms with van der Waals surface area (Å²) in [5, 5.41) is 12.2. The van der Waals surface area contributed by atoms with E-state index in [1.165, 1.54) is 17.2 Å². The van der Waals surface area contributed by atoms with Gasteiger partial charge < -0.3 is 15.9 Å². The van der Waals surface area contributed by atoms with Gasteiger partial charge in [0.05, 0.1) is 6.54 Å². The molecule has 1 fully saturated rings. The monoisotopic (exact) mass is 391 g/mol. The van der Waals surface area contributed by atoms with Crippen LogP contribution >= 0.6 is 11.3 Å². The largest absolute Gasteiger partial charge is 0.398 e. The van der Waals surface area contributed by atoms with E-state index in [4.69, 9.17) is 5.73 Å². The molecular weight excluding hydrogens is 378 g/mol. The number of carbonyl (C=O) groups is 3. The van der Waals surface area contributed by atoms with Gasteiger partial charge in [-0.1, -0.05) is 5.16 Å². The molecule has 1 aliphatic rings. The minimum absolute atomic E-state index is 0.150. The molecule has 0 unspecified atom stereocenters. The zero-order valence-electron chi connectivity index (χ0n) is 12.6. The lowest BCUT2D eigenvalue weighted by Gasteiger charge is -2.36. The summed E-state index contributed by atoms with van der Waals surface area (Å²) in [6.07, 6.45) is 0. The van der Waals surface area contributed by atoms with Gasteiger partial charge in [0.1, 0.15) is 18.8 Å². The van der Waals surface area contributed by atoms with Crippen LogP contribution < -0.4 is 20.9 Å². The van der Waals surface area contributed by atoms with Crippen molar-refractivity contribution in [3.8, 4) is 0 Å². The number of nitrogens with one attached hydrogen (secondary N) is 2. The maximum absolute atomic E-state index is 12.2. The van der Waals surface area contributed by atoms with Gasteiger partial charge in [0.2, 0.25) is 0 Å². The summed E-state index contributed by atoms with van der Waals surface area (Å²) in [5.41, 5.74) is 5.43. The molecule has 0 aliphatic carbocycles. The zero-order valence-corrected chi connectivity index (χ0v) is 14.3. The number of hydrogen-bond acceptors (Lipinski definition) is 10. The topological polar surface area (TPSA) is 199 Å².